The summed E-state index contributed by atoms with van der Waals surface area (Å²) in [5.74, 6) is -2.45. The van der Waals surface area contributed by atoms with E-state index in [-0.39, 0.29) is 50.9 Å². The standard InChI is InChI=1S/C26H19Cl3F3N3O5/c1-38-8-9-39-20-7-6-14(40-26(30,31)32)12-16(20)24(36)35-23-25(37)33-19-5-3-2-4-15(19)22(34-23)21-17(28)10-13(27)11-18(21)29/h2-7,10-12,23H,8-9H2,1H3,(H,33,37)(H,35,36). The predicted molar refractivity (Wildman–Crippen MR) is 144 cm³/mol. The third-order valence-electron chi connectivity index (χ3n) is 5.43. The maximum absolute atomic E-state index is 13.4. The first kappa shape index (κ1) is 29.5. The molecule has 0 aliphatic carbocycles. The minimum atomic E-state index is -5.00. The van der Waals surface area contributed by atoms with E-state index in [1.165, 1.54) is 19.2 Å². The van der Waals surface area contributed by atoms with Crippen molar-refractivity contribution in [2.45, 2.75) is 12.5 Å². The molecule has 0 radical (unpaired) electrons. The lowest BCUT2D eigenvalue weighted by molar-refractivity contribution is -0.274. The molecule has 1 aliphatic rings. The van der Waals surface area contributed by atoms with Gasteiger partial charge in [0.2, 0.25) is 6.17 Å². The number of alkyl halides is 3. The molecule has 1 aliphatic heterocycles. The molecule has 8 nitrogen and oxygen atoms in total. The van der Waals surface area contributed by atoms with E-state index in [1.807, 2.05) is 0 Å². The van der Waals surface area contributed by atoms with Crippen LogP contribution < -0.4 is 20.1 Å². The van der Waals surface area contributed by atoms with Gasteiger partial charge in [-0.3, -0.25) is 9.59 Å². The number of anilines is 1. The van der Waals surface area contributed by atoms with E-state index in [4.69, 9.17) is 44.3 Å². The van der Waals surface area contributed by atoms with Crippen LogP contribution in [-0.4, -0.2) is 50.4 Å². The van der Waals surface area contributed by atoms with E-state index in [9.17, 15) is 22.8 Å². The highest BCUT2D eigenvalue weighted by Gasteiger charge is 2.33. The Balaban J connectivity index is 1.76. The quantitative estimate of drug-likeness (QED) is 0.298. The molecule has 0 spiro atoms. The second kappa shape index (κ2) is 12.3. The largest absolute Gasteiger partial charge is 0.573 e. The highest BCUT2D eigenvalue weighted by molar-refractivity contribution is 6.44. The summed E-state index contributed by atoms with van der Waals surface area (Å²) in [7, 11) is 1.43. The average molecular weight is 617 g/mol. The zero-order chi connectivity index (χ0) is 29.0. The summed E-state index contributed by atoms with van der Waals surface area (Å²) in [6.07, 6.45) is -6.56. The Kier molecular flexibility index (Phi) is 9.09. The zero-order valence-electron chi connectivity index (χ0n) is 20.4. The van der Waals surface area contributed by atoms with Crippen LogP contribution in [-0.2, 0) is 9.53 Å². The monoisotopic (exact) mass is 615 g/mol. The number of hydrogen-bond acceptors (Lipinski definition) is 6. The van der Waals surface area contributed by atoms with Crippen LogP contribution >= 0.6 is 34.8 Å². The van der Waals surface area contributed by atoms with Crippen LogP contribution in [0.2, 0.25) is 15.1 Å². The van der Waals surface area contributed by atoms with E-state index >= 15 is 0 Å². The van der Waals surface area contributed by atoms with Crippen molar-refractivity contribution in [2.75, 3.05) is 25.6 Å². The first-order chi connectivity index (χ1) is 19.0. The molecule has 3 aromatic carbocycles. The summed E-state index contributed by atoms with van der Waals surface area (Å²) >= 11 is 19.0. The molecule has 2 N–H and O–H groups in total. The van der Waals surface area contributed by atoms with Crippen molar-refractivity contribution in [1.29, 1.82) is 0 Å². The minimum absolute atomic E-state index is 0.00859. The number of hydrogen-bond donors (Lipinski definition) is 2. The molecule has 4 rings (SSSR count). The van der Waals surface area contributed by atoms with Crippen LogP contribution in [0.4, 0.5) is 18.9 Å². The molecular formula is C26H19Cl3F3N3O5. The van der Waals surface area contributed by atoms with Crippen LogP contribution in [0.25, 0.3) is 0 Å². The minimum Gasteiger partial charge on any atom is -0.490 e. The van der Waals surface area contributed by atoms with Gasteiger partial charge in [-0.05, 0) is 36.4 Å². The molecule has 2 amide bonds. The van der Waals surface area contributed by atoms with Crippen LogP contribution in [0.3, 0.4) is 0 Å². The Hall–Kier alpha value is -3.51. The Morgan fingerprint density at radius 1 is 1.05 bits per heavy atom. The number of benzodiazepines with no additional fused rings is 1. The van der Waals surface area contributed by atoms with E-state index in [0.717, 1.165) is 18.2 Å². The maximum atomic E-state index is 13.4. The number of methoxy groups -OCH3 is 1. The lowest BCUT2D eigenvalue weighted by Crippen LogP contribution is -2.42. The Morgan fingerprint density at radius 2 is 1.75 bits per heavy atom. The molecule has 0 bridgehead atoms. The lowest BCUT2D eigenvalue weighted by atomic mass is 10.0. The van der Waals surface area contributed by atoms with Gasteiger partial charge >= 0.3 is 6.36 Å². The number of nitrogens with zero attached hydrogens (tertiary/aromatic N) is 1. The van der Waals surface area contributed by atoms with Gasteiger partial charge in [-0.15, -0.1) is 13.2 Å². The van der Waals surface area contributed by atoms with Gasteiger partial charge in [0.25, 0.3) is 11.8 Å². The molecule has 1 unspecified atom stereocenters. The fourth-order valence-corrected chi connectivity index (χ4v) is 4.76. The molecule has 1 heterocycles. The number of nitrogens with one attached hydrogen (secondary N) is 2. The van der Waals surface area contributed by atoms with E-state index < -0.39 is 30.1 Å². The molecule has 1 atom stereocenters. The molecule has 0 aromatic heterocycles. The normalized spacial score (nSPS) is 14.9. The highest BCUT2D eigenvalue weighted by Crippen LogP contribution is 2.34. The van der Waals surface area contributed by atoms with E-state index in [0.29, 0.717) is 11.3 Å². The van der Waals surface area contributed by atoms with Gasteiger partial charge in [-0.25, -0.2) is 4.99 Å². The van der Waals surface area contributed by atoms with Crippen molar-refractivity contribution < 1.29 is 37.0 Å². The summed E-state index contributed by atoms with van der Waals surface area (Å²) in [5, 5.41) is 5.65. The smallest absolute Gasteiger partial charge is 0.490 e. The maximum Gasteiger partial charge on any atom is 0.573 e. The topological polar surface area (TPSA) is 98.2 Å². The first-order valence-electron chi connectivity index (χ1n) is 11.4. The molecule has 40 heavy (non-hydrogen) atoms. The number of ether oxygens (including phenoxy) is 3. The molecule has 0 saturated heterocycles. The van der Waals surface area contributed by atoms with Gasteiger partial charge < -0.3 is 24.8 Å². The second-order valence-electron chi connectivity index (χ2n) is 8.18. The predicted octanol–water partition coefficient (Wildman–Crippen LogP) is 6.12. The fourth-order valence-electron chi connectivity index (χ4n) is 3.77. The number of fused-ring (bicyclic) bond motifs is 1. The van der Waals surface area contributed by atoms with E-state index in [1.54, 1.807) is 24.3 Å². The van der Waals surface area contributed by atoms with Crippen LogP contribution in [0, 0.1) is 0 Å². The van der Waals surface area contributed by atoms with Crippen LogP contribution in [0.5, 0.6) is 11.5 Å². The van der Waals surface area contributed by atoms with Gasteiger partial charge in [0.15, 0.2) is 0 Å². The van der Waals surface area contributed by atoms with Crippen molar-refractivity contribution in [1.82, 2.24) is 5.32 Å². The van der Waals surface area contributed by atoms with Crippen LogP contribution in [0.1, 0.15) is 21.5 Å². The van der Waals surface area contributed by atoms with Gasteiger partial charge in [0, 0.05) is 23.3 Å². The third kappa shape index (κ3) is 6.97. The van der Waals surface area contributed by atoms with Crippen molar-refractivity contribution in [3.8, 4) is 11.5 Å². The van der Waals surface area contributed by atoms with Gasteiger partial charge in [-0.2, -0.15) is 0 Å². The molecule has 3 aromatic rings. The summed E-state index contributed by atoms with van der Waals surface area (Å²) < 4.78 is 52.9. The Labute approximate surface area is 241 Å². The molecule has 14 heteroatoms. The molecular weight excluding hydrogens is 598 g/mol. The van der Waals surface area contributed by atoms with Gasteiger partial charge in [0.05, 0.1) is 33.6 Å². The van der Waals surface area contributed by atoms with Crippen LogP contribution in [0.15, 0.2) is 59.6 Å². The fraction of sp³-hybridized carbons (Fsp3) is 0.192. The molecule has 210 valence electrons. The summed E-state index contributed by atoms with van der Waals surface area (Å²) in [6, 6.07) is 12.5. The van der Waals surface area contributed by atoms with Crippen molar-refractivity contribution in [3.63, 3.8) is 0 Å². The number of benzene rings is 3. The van der Waals surface area contributed by atoms with Crippen molar-refractivity contribution in [3.05, 3.63) is 86.4 Å². The van der Waals surface area contributed by atoms with Crippen molar-refractivity contribution in [2.24, 2.45) is 4.99 Å². The summed E-state index contributed by atoms with van der Waals surface area (Å²) in [6.45, 7) is 0.132. The number of carbonyl (C=O) groups is 2. The lowest BCUT2D eigenvalue weighted by Gasteiger charge is -2.17. The second-order valence-corrected chi connectivity index (χ2v) is 9.43. The third-order valence-corrected chi connectivity index (χ3v) is 6.25. The Morgan fingerprint density at radius 3 is 2.42 bits per heavy atom. The summed E-state index contributed by atoms with van der Waals surface area (Å²) in [5.41, 5.74) is 0.876. The molecule has 0 fully saturated rings. The number of halogens is 6. The van der Waals surface area contributed by atoms with Gasteiger partial charge in [-0.1, -0.05) is 53.0 Å². The number of carbonyl (C=O) groups excluding carboxylic acids is 2. The SMILES string of the molecule is COCCOc1ccc(OC(F)(F)F)cc1C(=O)NC1N=C(c2c(Cl)cc(Cl)cc2Cl)c2ccccc2NC1=O. The number of aliphatic imine (C=N–C) groups is 1. The van der Waals surface area contributed by atoms with Gasteiger partial charge in [0.1, 0.15) is 18.1 Å². The molecule has 0 saturated carbocycles. The van der Waals surface area contributed by atoms with Crippen molar-refractivity contribution >= 4 is 58.0 Å². The number of para-hydroxylation sites is 1. The first-order valence-corrected chi connectivity index (χ1v) is 12.6. The van der Waals surface area contributed by atoms with E-state index in [2.05, 4.69) is 20.4 Å². The Bertz CT molecular complexity index is 1460. The zero-order valence-corrected chi connectivity index (χ0v) is 22.7. The summed E-state index contributed by atoms with van der Waals surface area (Å²) in [4.78, 5) is 31.0. The average Bonchev–Trinajstić information content (AvgIpc) is 2.99. The number of amides is 2. The highest BCUT2D eigenvalue weighted by atomic mass is 35.5. The number of rotatable bonds is 8.